The van der Waals surface area contributed by atoms with Gasteiger partial charge >= 0.3 is 0 Å². The first-order valence-electron chi connectivity index (χ1n) is 8.72. The van der Waals surface area contributed by atoms with E-state index in [1.807, 2.05) is 30.1 Å². The number of amides is 1. The summed E-state index contributed by atoms with van der Waals surface area (Å²) in [4.78, 5) is 21.0. The normalized spacial score (nSPS) is 21.0. The quantitative estimate of drug-likeness (QED) is 0.791. The highest BCUT2D eigenvalue weighted by molar-refractivity contribution is 6.13. The molecule has 0 unspecified atom stereocenters. The van der Waals surface area contributed by atoms with Crippen LogP contribution in [0.25, 0.3) is 6.08 Å². The summed E-state index contributed by atoms with van der Waals surface area (Å²) in [6, 6.07) is 5.56. The van der Waals surface area contributed by atoms with Gasteiger partial charge < -0.3 is 19.1 Å². The van der Waals surface area contributed by atoms with Gasteiger partial charge in [-0.1, -0.05) is 6.07 Å². The van der Waals surface area contributed by atoms with Gasteiger partial charge in [0, 0.05) is 33.2 Å². The van der Waals surface area contributed by atoms with E-state index in [1.165, 1.54) is 0 Å². The van der Waals surface area contributed by atoms with E-state index in [9.17, 15) is 4.79 Å². The maximum Gasteiger partial charge on any atom is 0.276 e. The number of benzene rings is 1. The Morgan fingerprint density at radius 3 is 2.92 bits per heavy atom. The van der Waals surface area contributed by atoms with Crippen LogP contribution in [0.3, 0.4) is 0 Å². The molecule has 1 amide bonds. The predicted octanol–water partition coefficient (Wildman–Crippen LogP) is 0.506. The summed E-state index contributed by atoms with van der Waals surface area (Å²) >= 11 is 0. The van der Waals surface area contributed by atoms with Gasteiger partial charge in [0.25, 0.3) is 5.91 Å². The summed E-state index contributed by atoms with van der Waals surface area (Å²) in [5, 5.41) is 2.83. The minimum atomic E-state index is -0.198. The summed E-state index contributed by atoms with van der Waals surface area (Å²) in [5.74, 6) is 1.78. The average Bonchev–Trinajstić information content (AvgIpc) is 3.27. The smallest absolute Gasteiger partial charge is 0.276 e. The first-order valence-corrected chi connectivity index (χ1v) is 8.72. The van der Waals surface area contributed by atoms with Gasteiger partial charge in [-0.15, -0.1) is 0 Å². The van der Waals surface area contributed by atoms with Gasteiger partial charge in [-0.25, -0.2) is 4.99 Å². The zero-order chi connectivity index (χ0) is 17.9. The van der Waals surface area contributed by atoms with Crippen LogP contribution in [0.1, 0.15) is 5.56 Å². The molecule has 0 aromatic heterocycles. The second-order valence-electron chi connectivity index (χ2n) is 6.41. The largest absolute Gasteiger partial charge is 0.454 e. The van der Waals surface area contributed by atoms with Crippen molar-refractivity contribution < 1.29 is 19.0 Å². The number of hydrogen-bond donors (Lipinski definition) is 1. The van der Waals surface area contributed by atoms with Gasteiger partial charge in [0.1, 0.15) is 5.70 Å². The number of carbonyl (C=O) groups excluding carboxylic acids is 1. The average molecular weight is 358 g/mol. The Labute approximate surface area is 152 Å². The van der Waals surface area contributed by atoms with Crippen LogP contribution >= 0.6 is 0 Å². The number of carbonyl (C=O) groups is 1. The summed E-state index contributed by atoms with van der Waals surface area (Å²) < 4.78 is 16.0. The Hall–Kier alpha value is -2.58. The number of fused-ring (bicyclic) bond motifs is 1. The van der Waals surface area contributed by atoms with Crippen molar-refractivity contribution in [1.29, 1.82) is 0 Å². The number of rotatable bonds is 4. The number of nitrogens with one attached hydrogen (secondary N) is 1. The van der Waals surface area contributed by atoms with E-state index >= 15 is 0 Å². The van der Waals surface area contributed by atoms with Gasteiger partial charge in [-0.05, 0) is 23.8 Å². The second kappa shape index (κ2) is 7.35. The third-order valence-corrected chi connectivity index (χ3v) is 4.60. The van der Waals surface area contributed by atoms with Crippen molar-refractivity contribution in [2.45, 2.75) is 0 Å². The lowest BCUT2D eigenvalue weighted by molar-refractivity contribution is -0.115. The molecular weight excluding hydrogens is 336 g/mol. The Bertz CT molecular complexity index is 756. The molecule has 26 heavy (non-hydrogen) atoms. The molecule has 3 aliphatic rings. The van der Waals surface area contributed by atoms with Crippen LogP contribution in [-0.4, -0.2) is 74.9 Å². The number of guanidine groups is 1. The van der Waals surface area contributed by atoms with Gasteiger partial charge in [0.15, 0.2) is 11.5 Å². The topological polar surface area (TPSA) is 75.6 Å². The fourth-order valence-electron chi connectivity index (χ4n) is 3.02. The number of ether oxygens (including phenoxy) is 3. The lowest BCUT2D eigenvalue weighted by Gasteiger charge is -2.28. The number of morpholine rings is 1. The lowest BCUT2D eigenvalue weighted by Crippen LogP contribution is -2.44. The first-order chi connectivity index (χ1) is 12.7. The monoisotopic (exact) mass is 358 g/mol. The highest BCUT2D eigenvalue weighted by Gasteiger charge is 2.23. The van der Waals surface area contributed by atoms with Gasteiger partial charge in [-0.2, -0.15) is 0 Å². The van der Waals surface area contributed by atoms with Crippen LogP contribution in [0, 0.1) is 0 Å². The molecule has 0 atom stereocenters. The van der Waals surface area contributed by atoms with Crippen molar-refractivity contribution in [2.24, 2.45) is 4.99 Å². The third-order valence-electron chi connectivity index (χ3n) is 4.60. The van der Waals surface area contributed by atoms with E-state index in [2.05, 4.69) is 15.2 Å². The molecule has 8 heteroatoms. The number of hydrogen-bond acceptors (Lipinski definition) is 7. The fraction of sp³-hybridized carbons (Fsp3) is 0.444. The number of likely N-dealkylation sites (N-methyl/N-ethyl adjacent to an activating group) is 1. The summed E-state index contributed by atoms with van der Waals surface area (Å²) in [6.45, 7) is 5.38. The highest BCUT2D eigenvalue weighted by atomic mass is 16.7. The molecule has 1 fully saturated rings. The van der Waals surface area contributed by atoms with Gasteiger partial charge in [-0.3, -0.25) is 15.0 Å². The molecule has 138 valence electrons. The molecule has 1 saturated heterocycles. The van der Waals surface area contributed by atoms with Crippen LogP contribution in [0.2, 0.25) is 0 Å². The fourth-order valence-corrected chi connectivity index (χ4v) is 3.02. The standard InChI is InChI=1S/C18H22N4O4/c1-21(4-5-22-6-8-24-9-7-22)18-19-14(17(23)20-18)10-13-2-3-15-16(11-13)26-12-25-15/h2-3,10-11H,4-9,12H2,1H3,(H,19,20,23)/b14-10-. The third kappa shape index (κ3) is 3.66. The SMILES string of the molecule is CN(CCN1CCOCC1)C1=N/C(=C\c2ccc3c(c2)OCO3)C(=O)N1. The Morgan fingerprint density at radius 2 is 2.08 bits per heavy atom. The maximum absolute atomic E-state index is 12.2. The van der Waals surface area contributed by atoms with Crippen molar-refractivity contribution in [1.82, 2.24) is 15.1 Å². The molecule has 0 radical (unpaired) electrons. The number of aliphatic imine (C=N–C) groups is 1. The van der Waals surface area contributed by atoms with E-state index in [-0.39, 0.29) is 12.7 Å². The second-order valence-corrected chi connectivity index (χ2v) is 6.41. The van der Waals surface area contributed by atoms with E-state index in [4.69, 9.17) is 14.2 Å². The number of nitrogens with zero attached hydrogens (tertiary/aromatic N) is 3. The molecule has 1 aromatic carbocycles. The van der Waals surface area contributed by atoms with Crippen molar-refractivity contribution in [2.75, 3.05) is 53.2 Å². The van der Waals surface area contributed by atoms with E-state index < -0.39 is 0 Å². The molecule has 0 saturated carbocycles. The van der Waals surface area contributed by atoms with Crippen molar-refractivity contribution in [3.63, 3.8) is 0 Å². The van der Waals surface area contributed by atoms with Gasteiger partial charge in [0.05, 0.1) is 13.2 Å². The molecule has 0 aliphatic carbocycles. The molecule has 0 spiro atoms. The zero-order valence-electron chi connectivity index (χ0n) is 14.7. The lowest BCUT2D eigenvalue weighted by atomic mass is 10.1. The van der Waals surface area contributed by atoms with Crippen LogP contribution in [0.15, 0.2) is 28.9 Å². The highest BCUT2D eigenvalue weighted by Crippen LogP contribution is 2.33. The van der Waals surface area contributed by atoms with E-state index in [0.29, 0.717) is 17.4 Å². The molecule has 1 N–H and O–H groups in total. The van der Waals surface area contributed by atoms with Crippen LogP contribution < -0.4 is 14.8 Å². The van der Waals surface area contributed by atoms with E-state index in [1.54, 1.807) is 6.08 Å². The summed E-state index contributed by atoms with van der Waals surface area (Å²) in [7, 11) is 1.93. The van der Waals surface area contributed by atoms with Crippen molar-refractivity contribution in [3.05, 3.63) is 29.5 Å². The maximum atomic E-state index is 12.2. The molecule has 3 aliphatic heterocycles. The molecule has 1 aromatic rings. The van der Waals surface area contributed by atoms with Crippen LogP contribution in [0.5, 0.6) is 11.5 Å². The summed E-state index contributed by atoms with van der Waals surface area (Å²) in [6.07, 6.45) is 1.75. The Balaban J connectivity index is 1.41. The zero-order valence-corrected chi connectivity index (χ0v) is 14.7. The minimum Gasteiger partial charge on any atom is -0.454 e. The molecule has 8 nitrogen and oxygen atoms in total. The summed E-state index contributed by atoms with van der Waals surface area (Å²) in [5.41, 5.74) is 1.23. The Morgan fingerprint density at radius 1 is 1.27 bits per heavy atom. The molecule has 0 bridgehead atoms. The van der Waals surface area contributed by atoms with E-state index in [0.717, 1.165) is 50.7 Å². The first kappa shape index (κ1) is 16.9. The predicted molar refractivity (Wildman–Crippen MR) is 96.0 cm³/mol. The Kier molecular flexibility index (Phi) is 4.77. The van der Waals surface area contributed by atoms with Crippen LogP contribution in [0.4, 0.5) is 0 Å². The van der Waals surface area contributed by atoms with Gasteiger partial charge in [0.2, 0.25) is 12.8 Å². The van der Waals surface area contributed by atoms with Crippen molar-refractivity contribution >= 4 is 17.9 Å². The van der Waals surface area contributed by atoms with Crippen LogP contribution in [-0.2, 0) is 9.53 Å². The minimum absolute atomic E-state index is 0.198. The molecule has 3 heterocycles. The molecule has 4 rings (SSSR count). The van der Waals surface area contributed by atoms with Crippen molar-refractivity contribution in [3.8, 4) is 11.5 Å². The molecular formula is C18H22N4O4.